The number of benzene rings is 2. The van der Waals surface area contributed by atoms with Crippen molar-refractivity contribution in [2.24, 2.45) is 0 Å². The van der Waals surface area contributed by atoms with Crippen LogP contribution in [0.25, 0.3) is 0 Å². The van der Waals surface area contributed by atoms with Gasteiger partial charge in [0.05, 0.1) is 8.80 Å². The quantitative estimate of drug-likeness (QED) is 0.595. The summed E-state index contributed by atoms with van der Waals surface area (Å²) >= 11 is 0. The van der Waals surface area contributed by atoms with Crippen molar-refractivity contribution in [2.45, 2.75) is 39.7 Å². The first-order valence-corrected chi connectivity index (χ1v) is 13.8. The Bertz CT molecular complexity index is 698. The zero-order valence-corrected chi connectivity index (χ0v) is 16.9. The van der Waals surface area contributed by atoms with E-state index in [0.717, 1.165) is 16.9 Å². The number of hydrogen-bond donors (Lipinski definition) is 0. The van der Waals surface area contributed by atoms with E-state index < -0.39 is 17.1 Å². The number of rotatable bonds is 5. The van der Waals surface area contributed by atoms with E-state index in [1.165, 1.54) is 10.8 Å². The summed E-state index contributed by atoms with van der Waals surface area (Å²) in [6.45, 7) is 13.0. The zero-order valence-electron chi connectivity index (χ0n) is 14.9. The van der Waals surface area contributed by atoms with Gasteiger partial charge in [0, 0.05) is 11.1 Å². The van der Waals surface area contributed by atoms with Crippen molar-refractivity contribution >= 4 is 28.1 Å². The SMILES string of the molecule is Cc1ccc(C(=O)c2ccc(O[Si](C)(C)C)cc2)c([Si](C)C)c1. The first-order chi connectivity index (χ1) is 10.7. The van der Waals surface area contributed by atoms with Crippen molar-refractivity contribution in [1.29, 1.82) is 0 Å². The van der Waals surface area contributed by atoms with Crippen LogP contribution < -0.4 is 9.61 Å². The maximum Gasteiger partial charge on any atom is 0.242 e. The highest BCUT2D eigenvalue weighted by molar-refractivity contribution is 6.72. The van der Waals surface area contributed by atoms with Gasteiger partial charge in [0.15, 0.2) is 5.78 Å². The summed E-state index contributed by atoms with van der Waals surface area (Å²) in [5, 5.41) is 1.21. The maximum atomic E-state index is 12.9. The van der Waals surface area contributed by atoms with Crippen LogP contribution in [0, 0.1) is 6.92 Å². The summed E-state index contributed by atoms with van der Waals surface area (Å²) < 4.78 is 5.95. The van der Waals surface area contributed by atoms with Crippen LogP contribution in [0.1, 0.15) is 21.5 Å². The lowest BCUT2D eigenvalue weighted by molar-refractivity contribution is 0.104. The summed E-state index contributed by atoms with van der Waals surface area (Å²) in [6.07, 6.45) is 0. The average molecular weight is 342 g/mol. The predicted molar refractivity (Wildman–Crippen MR) is 102 cm³/mol. The molecule has 23 heavy (non-hydrogen) atoms. The lowest BCUT2D eigenvalue weighted by atomic mass is 10.0. The average Bonchev–Trinajstić information content (AvgIpc) is 2.45. The topological polar surface area (TPSA) is 26.3 Å². The summed E-state index contributed by atoms with van der Waals surface area (Å²) in [5.74, 6) is 0.950. The van der Waals surface area contributed by atoms with E-state index in [-0.39, 0.29) is 5.78 Å². The van der Waals surface area contributed by atoms with Gasteiger partial charge in [-0.3, -0.25) is 4.79 Å². The number of hydrogen-bond acceptors (Lipinski definition) is 2. The molecule has 0 unspecified atom stereocenters. The summed E-state index contributed by atoms with van der Waals surface area (Å²) in [7, 11) is -2.30. The van der Waals surface area contributed by atoms with E-state index in [4.69, 9.17) is 4.43 Å². The Hall–Kier alpha value is -1.66. The number of carbonyl (C=O) groups excluding carboxylic acids is 1. The minimum Gasteiger partial charge on any atom is -0.544 e. The van der Waals surface area contributed by atoms with Crippen LogP contribution in [0.2, 0.25) is 32.7 Å². The summed E-state index contributed by atoms with van der Waals surface area (Å²) in [5.41, 5.74) is 2.77. The van der Waals surface area contributed by atoms with Crippen LogP contribution in [0.3, 0.4) is 0 Å². The van der Waals surface area contributed by atoms with Crippen molar-refractivity contribution in [3.8, 4) is 5.75 Å². The summed E-state index contributed by atoms with van der Waals surface area (Å²) in [4.78, 5) is 12.9. The van der Waals surface area contributed by atoms with Gasteiger partial charge in [-0.2, -0.15) is 0 Å². The van der Waals surface area contributed by atoms with Gasteiger partial charge in [-0.05, 0) is 50.8 Å². The number of ketones is 1. The van der Waals surface area contributed by atoms with Crippen molar-refractivity contribution in [3.05, 3.63) is 59.2 Å². The van der Waals surface area contributed by atoms with E-state index in [2.05, 4.69) is 45.7 Å². The second kappa shape index (κ2) is 6.85. The molecule has 2 aromatic rings. The van der Waals surface area contributed by atoms with Gasteiger partial charge in [0.25, 0.3) is 0 Å². The minimum atomic E-state index is -1.62. The molecule has 0 aliphatic heterocycles. The Morgan fingerprint density at radius 2 is 1.61 bits per heavy atom. The predicted octanol–water partition coefficient (Wildman–Crippen LogP) is 4.40. The molecule has 0 aromatic heterocycles. The van der Waals surface area contributed by atoms with Crippen molar-refractivity contribution in [2.75, 3.05) is 0 Å². The standard InChI is InChI=1S/C19H25O2Si2/c1-14-7-12-17(18(13-14)22(2)3)19(20)15-8-10-16(11-9-15)21-23(4,5)6/h7-13H,1-6H3. The Balaban J connectivity index is 2.31. The van der Waals surface area contributed by atoms with Gasteiger partial charge < -0.3 is 4.43 Å². The second-order valence-electron chi connectivity index (χ2n) is 7.12. The van der Waals surface area contributed by atoms with Crippen LogP contribution in [0.4, 0.5) is 0 Å². The zero-order chi connectivity index (χ0) is 17.2. The van der Waals surface area contributed by atoms with Gasteiger partial charge in [-0.15, -0.1) is 0 Å². The molecule has 0 atom stereocenters. The van der Waals surface area contributed by atoms with Crippen LogP contribution in [0.15, 0.2) is 42.5 Å². The summed E-state index contributed by atoms with van der Waals surface area (Å²) in [6, 6.07) is 13.7. The molecule has 0 saturated heterocycles. The molecule has 0 saturated carbocycles. The molecule has 0 N–H and O–H groups in total. The van der Waals surface area contributed by atoms with E-state index in [1.807, 2.05) is 36.4 Å². The fraction of sp³-hybridized carbons (Fsp3) is 0.316. The largest absolute Gasteiger partial charge is 0.544 e. The molecule has 1 radical (unpaired) electrons. The van der Waals surface area contributed by atoms with E-state index in [1.54, 1.807) is 0 Å². The highest BCUT2D eigenvalue weighted by atomic mass is 28.4. The van der Waals surface area contributed by atoms with Gasteiger partial charge in [-0.1, -0.05) is 42.0 Å². The van der Waals surface area contributed by atoms with Crippen molar-refractivity contribution in [1.82, 2.24) is 0 Å². The monoisotopic (exact) mass is 341 g/mol. The molecule has 0 heterocycles. The van der Waals surface area contributed by atoms with Crippen molar-refractivity contribution in [3.63, 3.8) is 0 Å². The normalized spacial score (nSPS) is 11.6. The molecule has 0 fully saturated rings. The third-order valence-electron chi connectivity index (χ3n) is 3.50. The molecular formula is C19H25O2Si2. The molecule has 4 heteroatoms. The third kappa shape index (κ3) is 4.66. The van der Waals surface area contributed by atoms with E-state index in [0.29, 0.717) is 0 Å². The fourth-order valence-electron chi connectivity index (χ4n) is 2.45. The third-order valence-corrected chi connectivity index (χ3v) is 5.84. The Kier molecular flexibility index (Phi) is 5.27. The maximum absolute atomic E-state index is 12.9. The van der Waals surface area contributed by atoms with Gasteiger partial charge in [0.2, 0.25) is 8.32 Å². The van der Waals surface area contributed by atoms with Crippen LogP contribution in [0.5, 0.6) is 5.75 Å². The van der Waals surface area contributed by atoms with Gasteiger partial charge in [0.1, 0.15) is 5.75 Å². The second-order valence-corrected chi connectivity index (χ2v) is 14.1. The van der Waals surface area contributed by atoms with E-state index in [9.17, 15) is 4.79 Å². The van der Waals surface area contributed by atoms with Crippen LogP contribution in [-0.2, 0) is 0 Å². The molecule has 0 amide bonds. The molecule has 0 spiro atoms. The number of carbonyl (C=O) groups is 1. The van der Waals surface area contributed by atoms with Gasteiger partial charge in [-0.25, -0.2) is 0 Å². The lowest BCUT2D eigenvalue weighted by Crippen LogP contribution is -2.30. The van der Waals surface area contributed by atoms with Crippen molar-refractivity contribution < 1.29 is 9.22 Å². The minimum absolute atomic E-state index is 0.103. The molecule has 2 aromatic carbocycles. The Labute approximate surface area is 142 Å². The first kappa shape index (κ1) is 17.7. The molecule has 2 nitrogen and oxygen atoms in total. The Morgan fingerprint density at radius 3 is 2.13 bits per heavy atom. The first-order valence-electron chi connectivity index (χ1n) is 7.92. The molecule has 2 rings (SSSR count). The molecule has 0 aliphatic carbocycles. The van der Waals surface area contributed by atoms with E-state index >= 15 is 0 Å². The lowest BCUT2D eigenvalue weighted by Gasteiger charge is -2.19. The smallest absolute Gasteiger partial charge is 0.242 e. The molecule has 0 bridgehead atoms. The van der Waals surface area contributed by atoms with Gasteiger partial charge >= 0.3 is 0 Å². The molecule has 121 valence electrons. The highest BCUT2D eigenvalue weighted by Gasteiger charge is 2.18. The van der Waals surface area contributed by atoms with Crippen LogP contribution in [-0.4, -0.2) is 22.9 Å². The Morgan fingerprint density at radius 1 is 1.00 bits per heavy atom. The fourth-order valence-corrected chi connectivity index (χ4v) is 4.55. The highest BCUT2D eigenvalue weighted by Crippen LogP contribution is 2.19. The molecule has 0 aliphatic rings. The number of aryl methyl sites for hydroxylation is 1. The van der Waals surface area contributed by atoms with Crippen LogP contribution >= 0.6 is 0 Å². The molecular weight excluding hydrogens is 316 g/mol.